The Morgan fingerprint density at radius 2 is 1.76 bits per heavy atom. The van der Waals surface area contributed by atoms with Crippen LogP contribution in [0.2, 0.25) is 0 Å². The summed E-state index contributed by atoms with van der Waals surface area (Å²) < 4.78 is 12.7. The van der Waals surface area contributed by atoms with E-state index in [0.29, 0.717) is 38.0 Å². The Balaban J connectivity index is 1.38. The van der Waals surface area contributed by atoms with Gasteiger partial charge >= 0.3 is 0 Å². The average Bonchev–Trinajstić information content (AvgIpc) is 3.56. The molecule has 3 N–H and O–H groups in total. The molecule has 0 bridgehead atoms. The molecule has 0 spiro atoms. The Bertz CT molecular complexity index is 1580. The molecule has 11 nitrogen and oxygen atoms in total. The molecule has 0 aliphatic carbocycles. The highest BCUT2D eigenvalue weighted by atomic mass is 16.5. The fourth-order valence-electron chi connectivity index (χ4n) is 5.76. The van der Waals surface area contributed by atoms with Gasteiger partial charge in [0.1, 0.15) is 30.5 Å². The molecule has 5 rings (SSSR count). The number of nitrogens with one attached hydrogen (secondary N) is 3. The summed E-state index contributed by atoms with van der Waals surface area (Å²) in [7, 11) is 4.01. The minimum Gasteiger partial charge on any atom is -0.488 e. The third-order valence-corrected chi connectivity index (χ3v) is 9.03. The topological polar surface area (TPSA) is 124 Å². The van der Waals surface area contributed by atoms with Crippen molar-refractivity contribution in [3.8, 4) is 33.9 Å². The van der Waals surface area contributed by atoms with E-state index >= 15 is 0 Å². The maximum atomic E-state index is 12.7. The third kappa shape index (κ3) is 6.94. The molecule has 2 aliphatic heterocycles. The van der Waals surface area contributed by atoms with Crippen LogP contribution in [0, 0.1) is 0 Å². The van der Waals surface area contributed by atoms with Crippen LogP contribution in [0.1, 0.15) is 63.1 Å². The molecule has 3 heterocycles. The zero-order valence-corrected chi connectivity index (χ0v) is 27.6. The quantitative estimate of drug-likeness (QED) is 0.165. The van der Waals surface area contributed by atoms with E-state index in [2.05, 4.69) is 69.6 Å². The first-order valence-corrected chi connectivity index (χ1v) is 16.0. The number of hydrogen-bond donors (Lipinski definition) is 3. The van der Waals surface area contributed by atoms with Gasteiger partial charge in [-0.25, -0.2) is 4.98 Å². The first kappa shape index (κ1) is 32.7. The Labute approximate surface area is 271 Å². The molecule has 11 heteroatoms. The number of amides is 2. The van der Waals surface area contributed by atoms with Crippen molar-refractivity contribution in [2.24, 2.45) is 4.99 Å². The van der Waals surface area contributed by atoms with Gasteiger partial charge in [-0.3, -0.25) is 19.5 Å². The summed E-state index contributed by atoms with van der Waals surface area (Å²) in [5.74, 6) is 2.15. The molecule has 2 aliphatic rings. The van der Waals surface area contributed by atoms with Gasteiger partial charge < -0.3 is 30.0 Å². The van der Waals surface area contributed by atoms with Gasteiger partial charge in [0.25, 0.3) is 0 Å². The monoisotopic (exact) mass is 627 g/mol. The zero-order chi connectivity index (χ0) is 32.8. The highest BCUT2D eigenvalue weighted by Gasteiger charge is 2.30. The van der Waals surface area contributed by atoms with Crippen LogP contribution in [-0.2, 0) is 29.3 Å². The fourth-order valence-corrected chi connectivity index (χ4v) is 5.76. The lowest BCUT2D eigenvalue weighted by atomic mass is 9.87. The largest absolute Gasteiger partial charge is 0.488 e. The van der Waals surface area contributed by atoms with Crippen LogP contribution in [0.3, 0.4) is 0 Å². The molecule has 2 atom stereocenters. The molecule has 3 aromatic rings. The van der Waals surface area contributed by atoms with Crippen LogP contribution >= 0.6 is 0 Å². The molecule has 46 heavy (non-hydrogen) atoms. The predicted octanol–water partition coefficient (Wildman–Crippen LogP) is 4.72. The molecule has 0 fully saturated rings. The average molecular weight is 628 g/mol. The van der Waals surface area contributed by atoms with E-state index in [9.17, 15) is 9.59 Å². The van der Waals surface area contributed by atoms with Gasteiger partial charge in [0.15, 0.2) is 0 Å². The lowest BCUT2D eigenvalue weighted by Crippen LogP contribution is -2.42. The summed E-state index contributed by atoms with van der Waals surface area (Å²) in [4.78, 5) is 40.0. The van der Waals surface area contributed by atoms with Crippen molar-refractivity contribution >= 4 is 24.2 Å². The number of aromatic amines is 1. The molecule has 0 radical (unpaired) electrons. The lowest BCUT2D eigenvalue weighted by Gasteiger charge is -2.30. The van der Waals surface area contributed by atoms with Crippen molar-refractivity contribution in [1.82, 2.24) is 30.4 Å². The molecule has 2 amide bonds. The smallest absolute Gasteiger partial charge is 0.242 e. The van der Waals surface area contributed by atoms with E-state index in [4.69, 9.17) is 9.47 Å². The second kappa shape index (κ2) is 14.6. The summed E-state index contributed by atoms with van der Waals surface area (Å²) in [6, 6.07) is 8.87. The predicted molar refractivity (Wildman–Crippen MR) is 180 cm³/mol. The van der Waals surface area contributed by atoms with Gasteiger partial charge in [0, 0.05) is 65.3 Å². The van der Waals surface area contributed by atoms with Crippen LogP contribution in [0.15, 0.2) is 41.7 Å². The number of H-pyrrole nitrogens is 1. The SMILES string of the molecule is CC[C@H](C)N(C)C/C=N/C=C(\NC)c1cc2c3c(c1)OCc1cc(-c4cnc(CN(C(=O)CNC=O)[C@@H](C)CC)[nH]4)cc(c1-3)OC2. The van der Waals surface area contributed by atoms with Crippen LogP contribution < -0.4 is 20.1 Å². The van der Waals surface area contributed by atoms with Gasteiger partial charge in [0.05, 0.1) is 36.9 Å². The summed E-state index contributed by atoms with van der Waals surface area (Å²) >= 11 is 0. The van der Waals surface area contributed by atoms with Crippen molar-refractivity contribution < 1.29 is 19.1 Å². The van der Waals surface area contributed by atoms with E-state index in [0.717, 1.165) is 75.7 Å². The van der Waals surface area contributed by atoms with Crippen LogP contribution in [0.5, 0.6) is 11.5 Å². The number of imidazole rings is 1. The van der Waals surface area contributed by atoms with Gasteiger partial charge in [-0.05, 0) is 58.0 Å². The summed E-state index contributed by atoms with van der Waals surface area (Å²) in [6.45, 7) is 10.3. The standard InChI is InChI=1S/C35H45N7O4/c1-7-22(3)41(6)10-9-37-15-28(36-5)24-11-26-19-46-31-14-25(12-27-20-45-30(13-24)34(26)35(27)31)29-16-39-32(40-29)18-42(23(4)8-2)33(44)17-38-21-43/h9,11-16,21-23,36H,7-8,10,17-20H2,1-6H3,(H,38,43)(H,39,40)/b28-15-,37-9+/t22-,23-/m0/s1. The number of carbonyl (C=O) groups excluding carboxylic acids is 2. The Hall–Kier alpha value is -4.64. The van der Waals surface area contributed by atoms with E-state index in [1.165, 1.54) is 0 Å². The third-order valence-electron chi connectivity index (χ3n) is 9.03. The minimum absolute atomic E-state index is 0.00284. The van der Waals surface area contributed by atoms with Crippen LogP contribution in [0.25, 0.3) is 28.1 Å². The Morgan fingerprint density at radius 3 is 2.43 bits per heavy atom. The molecular weight excluding hydrogens is 582 g/mol. The highest BCUT2D eigenvalue weighted by Crippen LogP contribution is 2.50. The molecule has 2 aromatic carbocycles. The van der Waals surface area contributed by atoms with Gasteiger partial charge in [-0.15, -0.1) is 0 Å². The van der Waals surface area contributed by atoms with Crippen LogP contribution in [-0.4, -0.2) is 77.6 Å². The zero-order valence-electron chi connectivity index (χ0n) is 27.6. The van der Waals surface area contributed by atoms with Crippen molar-refractivity contribution in [2.75, 3.05) is 27.2 Å². The number of nitrogens with zero attached hydrogens (tertiary/aromatic N) is 4. The number of carbonyl (C=O) groups is 2. The first-order chi connectivity index (χ1) is 22.3. The van der Waals surface area contributed by atoms with Crippen molar-refractivity contribution in [3.63, 3.8) is 0 Å². The fraction of sp³-hybridized carbons (Fsp3) is 0.429. The molecule has 0 saturated carbocycles. The first-order valence-electron chi connectivity index (χ1n) is 16.0. The normalized spacial score (nSPS) is 14.7. The van der Waals surface area contributed by atoms with Crippen LogP contribution in [0.4, 0.5) is 0 Å². The van der Waals surface area contributed by atoms with Gasteiger partial charge in [0.2, 0.25) is 12.3 Å². The highest BCUT2D eigenvalue weighted by molar-refractivity contribution is 5.88. The van der Waals surface area contributed by atoms with E-state index in [1.54, 1.807) is 11.1 Å². The summed E-state index contributed by atoms with van der Waals surface area (Å²) in [5, 5.41) is 5.75. The summed E-state index contributed by atoms with van der Waals surface area (Å²) in [6.07, 6.45) is 7.99. The van der Waals surface area contributed by atoms with Crippen molar-refractivity contribution in [2.45, 2.75) is 72.4 Å². The number of ether oxygens (including phenoxy) is 2. The maximum absolute atomic E-state index is 12.7. The maximum Gasteiger partial charge on any atom is 0.242 e. The Morgan fingerprint density at radius 1 is 1.07 bits per heavy atom. The molecule has 244 valence electrons. The molecular formula is C35H45N7O4. The second-order valence-corrected chi connectivity index (χ2v) is 11.9. The number of aromatic nitrogens is 2. The van der Waals surface area contributed by atoms with Crippen molar-refractivity contribution in [1.29, 1.82) is 0 Å². The molecule has 0 saturated heterocycles. The number of rotatable bonds is 15. The number of benzene rings is 2. The number of hydrogen-bond acceptors (Lipinski definition) is 8. The molecule has 1 aromatic heterocycles. The second-order valence-electron chi connectivity index (χ2n) is 11.9. The minimum atomic E-state index is -0.157. The van der Waals surface area contributed by atoms with Crippen molar-refractivity contribution in [3.05, 3.63) is 59.2 Å². The van der Waals surface area contributed by atoms with E-state index in [1.807, 2.05) is 39.4 Å². The van der Waals surface area contributed by atoms with E-state index in [-0.39, 0.29) is 18.5 Å². The van der Waals surface area contributed by atoms with Gasteiger partial charge in [-0.2, -0.15) is 0 Å². The van der Waals surface area contributed by atoms with Gasteiger partial charge in [-0.1, -0.05) is 13.8 Å². The lowest BCUT2D eigenvalue weighted by molar-refractivity contribution is -0.134. The number of aliphatic imine (C=N–C) groups is 1. The molecule has 0 unspecified atom stereocenters. The Kier molecular flexibility index (Phi) is 10.4. The summed E-state index contributed by atoms with van der Waals surface area (Å²) in [5.41, 5.74) is 7.90. The van der Waals surface area contributed by atoms with E-state index < -0.39 is 0 Å².